The molecule has 0 aliphatic carbocycles. The minimum atomic E-state index is 1.06. The van der Waals surface area contributed by atoms with Crippen LogP contribution in [0.15, 0.2) is 60.2 Å². The summed E-state index contributed by atoms with van der Waals surface area (Å²) >= 11 is 10.5. The molecule has 8 aromatic rings. The molecular weight excluding hydrogens is 1090 g/mol. The molecule has 0 aliphatic rings. The van der Waals surface area contributed by atoms with Crippen molar-refractivity contribution in [3.05, 3.63) is 102 Å². The average Bonchev–Trinajstić information content (AvgIpc) is 4.40. The molecule has 0 bridgehead atoms. The summed E-state index contributed by atoms with van der Waals surface area (Å²) in [5.74, 6) is 0. The van der Waals surface area contributed by atoms with Crippen molar-refractivity contribution in [1.29, 1.82) is 0 Å². The molecular formula is C70H96N4S6. The number of thiophene rings is 4. The van der Waals surface area contributed by atoms with Gasteiger partial charge in [0.15, 0.2) is 0 Å². The number of nitrogens with zero attached hydrogens (tertiary/aromatic N) is 4. The number of allylic oxidation sites excluding steroid dienone is 3. The zero-order chi connectivity index (χ0) is 56.6. The monoisotopic (exact) mass is 1180 g/mol. The molecule has 0 radical (unpaired) electrons. The molecule has 10 heteroatoms. The zero-order valence-corrected chi connectivity index (χ0v) is 55.7. The van der Waals surface area contributed by atoms with Gasteiger partial charge in [-0.05, 0) is 163 Å². The van der Waals surface area contributed by atoms with E-state index in [-0.39, 0.29) is 0 Å². The fourth-order valence-electron chi connectivity index (χ4n) is 11.1. The van der Waals surface area contributed by atoms with E-state index >= 15 is 0 Å². The molecule has 6 heterocycles. The van der Waals surface area contributed by atoms with Gasteiger partial charge in [-0.15, -0.1) is 45.3 Å². The largest absolute Gasteiger partial charge is 0.172 e. The lowest BCUT2D eigenvalue weighted by Crippen LogP contribution is -1.90. The lowest BCUT2D eigenvalue weighted by atomic mass is 9.98. The van der Waals surface area contributed by atoms with Crippen LogP contribution in [0.4, 0.5) is 0 Å². The summed E-state index contributed by atoms with van der Waals surface area (Å²) in [6.45, 7) is 22.8. The minimum Gasteiger partial charge on any atom is -0.172 e. The summed E-state index contributed by atoms with van der Waals surface area (Å²) in [6, 6.07) is 19.0. The first kappa shape index (κ1) is 63.9. The van der Waals surface area contributed by atoms with E-state index < -0.39 is 0 Å². The number of rotatable bonds is 34. The molecule has 0 aliphatic heterocycles. The predicted molar refractivity (Wildman–Crippen MR) is 365 cm³/mol. The fourth-order valence-corrected chi connectivity index (χ4v) is 17.1. The fraction of sp³-hybridized carbons (Fsp3) is 0.543. The van der Waals surface area contributed by atoms with E-state index in [1.807, 2.05) is 45.3 Å². The summed E-state index contributed by atoms with van der Waals surface area (Å²) in [6.07, 6.45) is 40.5. The molecule has 0 atom stereocenters. The van der Waals surface area contributed by atoms with Crippen LogP contribution in [0.3, 0.4) is 0 Å². The summed E-state index contributed by atoms with van der Waals surface area (Å²) in [5.41, 5.74) is 18.3. The van der Waals surface area contributed by atoms with Gasteiger partial charge < -0.3 is 0 Å². The highest BCUT2D eigenvalue weighted by Gasteiger charge is 2.22. The molecule has 2 aromatic carbocycles. The first-order chi connectivity index (χ1) is 39.2. The Kier molecular flexibility index (Phi) is 27.3. The molecule has 0 saturated heterocycles. The number of fused-ring (bicyclic) bond motifs is 2. The van der Waals surface area contributed by atoms with Gasteiger partial charge >= 0.3 is 0 Å². The lowest BCUT2D eigenvalue weighted by Gasteiger charge is -2.08. The maximum Gasteiger partial charge on any atom is 0.114 e. The van der Waals surface area contributed by atoms with Crippen LogP contribution in [0.1, 0.15) is 251 Å². The predicted octanol–water partition coefficient (Wildman–Crippen LogP) is 25.4. The molecule has 8 rings (SSSR count). The highest BCUT2D eigenvalue weighted by atomic mass is 32.1. The molecule has 0 spiro atoms. The van der Waals surface area contributed by atoms with Gasteiger partial charge in [0, 0.05) is 61.3 Å². The van der Waals surface area contributed by atoms with Crippen molar-refractivity contribution in [1.82, 2.24) is 17.5 Å². The van der Waals surface area contributed by atoms with Crippen LogP contribution < -0.4 is 0 Å². The second-order valence-corrected chi connectivity index (χ2v) is 28.3. The average molecular weight is 1190 g/mol. The highest BCUT2D eigenvalue weighted by molar-refractivity contribution is 7.17. The third-order valence-electron chi connectivity index (χ3n) is 16.0. The van der Waals surface area contributed by atoms with Crippen molar-refractivity contribution in [3.8, 4) is 41.8 Å². The minimum absolute atomic E-state index is 1.06. The third kappa shape index (κ3) is 17.7. The van der Waals surface area contributed by atoms with Gasteiger partial charge in [0.05, 0.1) is 23.5 Å². The molecule has 4 nitrogen and oxygen atoms in total. The summed E-state index contributed by atoms with van der Waals surface area (Å²) in [5, 5.41) is 0. The Bertz CT molecular complexity index is 3160. The normalized spacial score (nSPS) is 12.2. The van der Waals surface area contributed by atoms with Gasteiger partial charge in [-0.1, -0.05) is 180 Å². The van der Waals surface area contributed by atoms with E-state index in [0.717, 1.165) is 28.5 Å². The Morgan fingerprint density at radius 3 is 1.18 bits per heavy atom. The first-order valence-electron chi connectivity index (χ1n) is 31.4. The Labute approximate surface area is 508 Å². The second kappa shape index (κ2) is 34.2. The molecule has 0 saturated carbocycles. The Morgan fingerprint density at radius 2 is 0.750 bits per heavy atom. The maximum atomic E-state index is 4.86. The van der Waals surface area contributed by atoms with Crippen LogP contribution in [-0.2, 0) is 25.7 Å². The SMILES string of the molecule is CC=C(CCCCC)c1sc(-c2ccc(-c3cc(CCCCCC)c(C)s3)c3nsnc23)cc1CCCCCC.CCCCCCc1cc(-c2ccc(-c3cc(CCCCCC)c(C=C(C)CCCCC)s3)c3nsnc23)sc1C. The van der Waals surface area contributed by atoms with Crippen LogP contribution in [0.25, 0.3) is 75.5 Å². The van der Waals surface area contributed by atoms with Crippen LogP contribution in [0.5, 0.6) is 0 Å². The number of unbranched alkanes of at least 4 members (excludes halogenated alkanes) is 16. The van der Waals surface area contributed by atoms with Gasteiger partial charge in [0.25, 0.3) is 0 Å². The summed E-state index contributed by atoms with van der Waals surface area (Å²) in [4.78, 5) is 11.2. The standard InChI is InChI=1S/2C35H48N2S3/c1-6-9-12-15-18-27-23-32(38-26(27)5)29-20-21-30(35-34(29)36-40-37-35)33-24-28(19-16-13-10-7-2)31(39-33)22-25(4)17-14-11-8-3;1-6-10-13-16-19-27-23-31(38-25(27)5)29-21-22-30(34-33(29)36-40-37-34)32-24-28(20-17-14-11-7-2)35(39-32)26(9-4)18-15-12-8-3/h20-24H,6-19H2,1-5H3;9,21-24H,6-8,10-20H2,1-5H3. The quantitative estimate of drug-likeness (QED) is 0.0377. The number of aromatic nitrogens is 4. The zero-order valence-electron chi connectivity index (χ0n) is 50.8. The summed E-state index contributed by atoms with van der Waals surface area (Å²) in [7, 11) is 0. The van der Waals surface area contributed by atoms with Gasteiger partial charge in [0.2, 0.25) is 0 Å². The second-order valence-electron chi connectivity index (χ2n) is 22.6. The molecule has 0 N–H and O–H groups in total. The van der Waals surface area contributed by atoms with Crippen LogP contribution in [0, 0.1) is 13.8 Å². The van der Waals surface area contributed by atoms with E-state index in [0.29, 0.717) is 0 Å². The molecule has 6 aromatic heterocycles. The van der Waals surface area contributed by atoms with E-state index in [1.165, 1.54) is 291 Å². The van der Waals surface area contributed by atoms with Crippen molar-refractivity contribution < 1.29 is 0 Å². The molecule has 80 heavy (non-hydrogen) atoms. The number of hydrogen-bond donors (Lipinski definition) is 0. The van der Waals surface area contributed by atoms with Gasteiger partial charge in [-0.3, -0.25) is 0 Å². The summed E-state index contributed by atoms with van der Waals surface area (Å²) < 4.78 is 19.4. The first-order valence-corrected chi connectivity index (χ1v) is 36.2. The van der Waals surface area contributed by atoms with Gasteiger partial charge in [0.1, 0.15) is 22.1 Å². The van der Waals surface area contributed by atoms with Crippen molar-refractivity contribution in [2.24, 2.45) is 0 Å². The van der Waals surface area contributed by atoms with Crippen LogP contribution in [-0.4, -0.2) is 17.5 Å². The van der Waals surface area contributed by atoms with E-state index in [1.54, 1.807) is 0 Å². The Morgan fingerprint density at radius 1 is 0.400 bits per heavy atom. The van der Waals surface area contributed by atoms with E-state index in [2.05, 4.69) is 130 Å². The van der Waals surface area contributed by atoms with Gasteiger partial charge in [-0.25, -0.2) is 0 Å². The van der Waals surface area contributed by atoms with Crippen molar-refractivity contribution in [3.63, 3.8) is 0 Å². The van der Waals surface area contributed by atoms with Crippen molar-refractivity contribution in [2.75, 3.05) is 0 Å². The molecule has 0 unspecified atom stereocenters. The molecule has 432 valence electrons. The van der Waals surface area contributed by atoms with E-state index in [9.17, 15) is 0 Å². The van der Waals surface area contributed by atoms with Crippen molar-refractivity contribution in [2.45, 2.75) is 249 Å². The third-order valence-corrected chi connectivity index (χ3v) is 21.8. The van der Waals surface area contributed by atoms with Gasteiger partial charge in [-0.2, -0.15) is 17.5 Å². The van der Waals surface area contributed by atoms with Crippen LogP contribution in [0.2, 0.25) is 0 Å². The topological polar surface area (TPSA) is 51.6 Å². The molecule has 0 fully saturated rings. The number of hydrogen-bond acceptors (Lipinski definition) is 10. The maximum absolute atomic E-state index is 4.86. The highest BCUT2D eigenvalue weighted by Crippen LogP contribution is 2.45. The lowest BCUT2D eigenvalue weighted by molar-refractivity contribution is 0.666. The Balaban J connectivity index is 0.000000231. The van der Waals surface area contributed by atoms with E-state index in [4.69, 9.17) is 17.5 Å². The van der Waals surface area contributed by atoms with Crippen LogP contribution >= 0.6 is 68.8 Å². The smallest absolute Gasteiger partial charge is 0.114 e. The number of aryl methyl sites for hydroxylation is 6. The van der Waals surface area contributed by atoms with Crippen molar-refractivity contribution >= 4 is 103 Å². The number of benzene rings is 2. The Hall–Kier alpha value is -3.64. The molecule has 0 amide bonds.